The molecule has 1 saturated heterocycles. The Morgan fingerprint density at radius 1 is 1.07 bits per heavy atom. The number of methoxy groups -OCH3 is 1. The molecule has 0 N–H and O–H groups in total. The van der Waals surface area contributed by atoms with Gasteiger partial charge in [-0.25, -0.2) is 13.4 Å². The zero-order valence-corrected chi connectivity index (χ0v) is 25.6. The Morgan fingerprint density at radius 3 is 2.51 bits per heavy atom. The molecular weight excluding hydrogens is 568 g/mol. The van der Waals surface area contributed by atoms with E-state index >= 15 is 0 Å². The Balaban J connectivity index is 1.26. The molecule has 0 aliphatic carbocycles. The van der Waals surface area contributed by atoms with Gasteiger partial charge in [-0.15, -0.1) is 0 Å². The van der Waals surface area contributed by atoms with Crippen LogP contribution in [0.2, 0.25) is 0 Å². The summed E-state index contributed by atoms with van der Waals surface area (Å²) in [7, 11) is -2.71. The van der Waals surface area contributed by atoms with Crippen LogP contribution in [0.5, 0.6) is 5.88 Å². The first-order valence-corrected chi connectivity index (χ1v) is 15.9. The summed E-state index contributed by atoms with van der Waals surface area (Å²) < 4.78 is 49.2. The molecular formula is C33H38N2O7S. The second kappa shape index (κ2) is 13.4. The molecule has 1 unspecified atom stereocenters. The average molecular weight is 607 g/mol. The van der Waals surface area contributed by atoms with Gasteiger partial charge in [-0.2, -0.15) is 4.31 Å². The molecule has 3 aromatic rings. The third-order valence-electron chi connectivity index (χ3n) is 8.07. The number of rotatable bonds is 10. The molecule has 0 radical (unpaired) electrons. The molecule has 2 aliphatic heterocycles. The van der Waals surface area contributed by atoms with Crippen molar-refractivity contribution in [1.29, 1.82) is 0 Å². The quantitative estimate of drug-likeness (QED) is 0.231. The summed E-state index contributed by atoms with van der Waals surface area (Å²) in [6, 6.07) is 21.8. The second-order valence-electron chi connectivity index (χ2n) is 10.8. The van der Waals surface area contributed by atoms with Crippen LogP contribution in [0.4, 0.5) is 0 Å². The highest BCUT2D eigenvalue weighted by Crippen LogP contribution is 2.36. The number of pyridine rings is 1. The molecule has 0 spiro atoms. The number of carbonyl (C=O) groups is 1. The van der Waals surface area contributed by atoms with Gasteiger partial charge < -0.3 is 18.9 Å². The fourth-order valence-electron chi connectivity index (χ4n) is 5.61. The van der Waals surface area contributed by atoms with Crippen LogP contribution >= 0.6 is 0 Å². The van der Waals surface area contributed by atoms with Crippen molar-refractivity contribution in [3.05, 3.63) is 89.5 Å². The number of esters is 1. The van der Waals surface area contributed by atoms with Gasteiger partial charge in [0.2, 0.25) is 15.9 Å². The number of benzene rings is 2. The number of nitrogens with zero attached hydrogens (tertiary/aromatic N) is 2. The van der Waals surface area contributed by atoms with Crippen molar-refractivity contribution < 1.29 is 32.2 Å². The van der Waals surface area contributed by atoms with Gasteiger partial charge in [0, 0.05) is 50.8 Å². The molecule has 0 bridgehead atoms. The van der Waals surface area contributed by atoms with Crippen molar-refractivity contribution in [3.8, 4) is 17.1 Å². The first kappa shape index (κ1) is 30.9. The number of carbonyl (C=O) groups excluding carboxylic acids is 1. The zero-order chi connectivity index (χ0) is 30.5. The first-order valence-electron chi connectivity index (χ1n) is 14.5. The Bertz CT molecular complexity index is 1570. The fraction of sp³-hybridized carbons (Fsp3) is 0.394. The third kappa shape index (κ3) is 6.67. The number of aryl methyl sites for hydroxylation is 1. The minimum absolute atomic E-state index is 0.0929. The lowest BCUT2D eigenvalue weighted by atomic mass is 9.95. The Kier molecular flexibility index (Phi) is 9.61. The van der Waals surface area contributed by atoms with Crippen LogP contribution in [0.25, 0.3) is 16.8 Å². The van der Waals surface area contributed by atoms with E-state index in [9.17, 15) is 13.2 Å². The normalized spacial score (nSPS) is 18.0. The largest absolute Gasteiger partial charge is 0.468 e. The lowest BCUT2D eigenvalue weighted by molar-refractivity contribution is -0.146. The van der Waals surface area contributed by atoms with Crippen LogP contribution in [-0.2, 0) is 35.6 Å². The predicted octanol–water partition coefficient (Wildman–Crippen LogP) is 5.14. The number of aromatic nitrogens is 1. The van der Waals surface area contributed by atoms with Crippen molar-refractivity contribution in [2.45, 2.75) is 50.8 Å². The molecule has 43 heavy (non-hydrogen) atoms. The molecule has 0 amide bonds. The van der Waals surface area contributed by atoms with E-state index in [4.69, 9.17) is 23.9 Å². The van der Waals surface area contributed by atoms with Crippen molar-refractivity contribution in [1.82, 2.24) is 9.29 Å². The molecule has 0 saturated carbocycles. The van der Waals surface area contributed by atoms with Crippen molar-refractivity contribution in [3.63, 3.8) is 0 Å². The van der Waals surface area contributed by atoms with E-state index in [1.54, 1.807) is 0 Å². The van der Waals surface area contributed by atoms with Crippen molar-refractivity contribution >= 4 is 21.6 Å². The summed E-state index contributed by atoms with van der Waals surface area (Å²) >= 11 is 0. The van der Waals surface area contributed by atoms with E-state index in [0.29, 0.717) is 25.5 Å². The molecule has 1 atom stereocenters. The predicted molar refractivity (Wildman–Crippen MR) is 164 cm³/mol. The van der Waals surface area contributed by atoms with Gasteiger partial charge in [-0.1, -0.05) is 60.7 Å². The lowest BCUT2D eigenvalue weighted by Gasteiger charge is -2.38. The lowest BCUT2D eigenvalue weighted by Crippen LogP contribution is -2.57. The third-order valence-corrected chi connectivity index (χ3v) is 10.6. The van der Waals surface area contributed by atoms with Gasteiger partial charge in [-0.05, 0) is 48.6 Å². The Labute approximate surface area is 253 Å². The summed E-state index contributed by atoms with van der Waals surface area (Å²) in [6.45, 7) is 5.23. The van der Waals surface area contributed by atoms with Crippen LogP contribution in [0.15, 0.2) is 72.8 Å². The highest BCUT2D eigenvalue weighted by molar-refractivity contribution is 7.91. The van der Waals surface area contributed by atoms with E-state index in [0.717, 1.165) is 33.5 Å². The summed E-state index contributed by atoms with van der Waals surface area (Å²) in [4.78, 5) is 17.4. The number of hydrogen-bond donors (Lipinski definition) is 0. The Hall–Kier alpha value is -3.57. The maximum Gasteiger partial charge on any atom is 0.328 e. The molecule has 228 valence electrons. The van der Waals surface area contributed by atoms with Gasteiger partial charge >= 0.3 is 5.97 Å². The van der Waals surface area contributed by atoms with Crippen LogP contribution < -0.4 is 4.74 Å². The minimum atomic E-state index is -3.94. The second-order valence-corrected chi connectivity index (χ2v) is 13.1. The maximum atomic E-state index is 13.7. The van der Waals surface area contributed by atoms with E-state index < -0.39 is 27.0 Å². The van der Waals surface area contributed by atoms with Crippen molar-refractivity contribution in [2.24, 2.45) is 0 Å². The van der Waals surface area contributed by atoms with E-state index in [1.807, 2.05) is 80.6 Å². The van der Waals surface area contributed by atoms with Crippen molar-refractivity contribution in [2.75, 3.05) is 33.4 Å². The molecule has 5 rings (SSSR count). The van der Waals surface area contributed by atoms with Gasteiger partial charge in [0.05, 0.1) is 19.4 Å². The zero-order valence-electron chi connectivity index (χ0n) is 24.8. The van der Waals surface area contributed by atoms with Gasteiger partial charge in [0.1, 0.15) is 0 Å². The van der Waals surface area contributed by atoms with Crippen LogP contribution in [0, 0.1) is 6.92 Å². The number of sulfonamides is 1. The van der Waals surface area contributed by atoms with E-state index in [-0.39, 0.29) is 32.6 Å². The minimum Gasteiger partial charge on any atom is -0.468 e. The monoisotopic (exact) mass is 606 g/mol. The first-order chi connectivity index (χ1) is 20.7. The molecule has 9 nitrogen and oxygen atoms in total. The van der Waals surface area contributed by atoms with Crippen LogP contribution in [-0.4, -0.2) is 68.1 Å². The van der Waals surface area contributed by atoms with Crippen LogP contribution in [0.1, 0.15) is 42.9 Å². The van der Waals surface area contributed by atoms with Gasteiger partial charge in [0.15, 0.2) is 11.0 Å². The molecule has 10 heteroatoms. The smallest absolute Gasteiger partial charge is 0.328 e. The molecule has 2 aromatic carbocycles. The molecule has 1 fully saturated rings. The summed E-state index contributed by atoms with van der Waals surface area (Å²) in [6.07, 6.45) is 2.19. The molecule has 2 aliphatic rings. The summed E-state index contributed by atoms with van der Waals surface area (Å²) in [5, 5.41) is 0. The molecule has 1 aromatic heterocycles. The standard InChI is InChI=1S/C33H38N2O7S/c1-24-22-28(27-14-18-35(19-15-27)43(37,38)33(32(36)39-3)16-20-40-21-17-33)12-13-29(24)30-10-7-11-31(34-30)42-25(2)41-23-26-8-5-4-6-9-26/h4-14,22,25H,15-21,23H2,1-3H3. The summed E-state index contributed by atoms with van der Waals surface area (Å²) in [5.41, 5.74) is 5.97. The Morgan fingerprint density at radius 2 is 1.84 bits per heavy atom. The highest BCUT2D eigenvalue weighted by atomic mass is 32.2. The average Bonchev–Trinajstić information content (AvgIpc) is 3.04. The van der Waals surface area contributed by atoms with Gasteiger partial charge in [0.25, 0.3) is 0 Å². The molecule has 3 heterocycles. The van der Waals surface area contributed by atoms with Crippen LogP contribution in [0.3, 0.4) is 0 Å². The number of ether oxygens (including phenoxy) is 4. The summed E-state index contributed by atoms with van der Waals surface area (Å²) in [5.74, 6) is -0.235. The topological polar surface area (TPSA) is 104 Å². The number of hydrogen-bond acceptors (Lipinski definition) is 8. The van der Waals surface area contributed by atoms with Gasteiger partial charge in [-0.3, -0.25) is 4.79 Å². The van der Waals surface area contributed by atoms with E-state index in [1.165, 1.54) is 11.4 Å². The highest BCUT2D eigenvalue weighted by Gasteiger charge is 2.55. The maximum absolute atomic E-state index is 13.7. The fourth-order valence-corrected chi connectivity index (χ4v) is 7.68. The SMILES string of the molecule is COC(=O)C1(S(=O)(=O)N2CC=C(c3ccc(-c4cccc(OC(C)OCc5ccccc5)n4)c(C)c3)CC2)CCOCC1. The van der Waals surface area contributed by atoms with E-state index in [2.05, 4.69) is 6.07 Å².